The molecule has 0 aliphatic heterocycles. The summed E-state index contributed by atoms with van der Waals surface area (Å²) in [6.45, 7) is 3.52. The van der Waals surface area contributed by atoms with Crippen LogP contribution in [0, 0.1) is 0 Å². The number of carbonyl (C=O) groups excluding carboxylic acids is 2. The molecular formula is C40H69O8P. The summed E-state index contributed by atoms with van der Waals surface area (Å²) in [5.41, 5.74) is 0. The number of allylic oxidation sites excluding steroid dienone is 10. The van der Waals surface area contributed by atoms with Gasteiger partial charge in [0.15, 0.2) is 6.10 Å². The molecule has 0 aromatic rings. The molecule has 0 saturated heterocycles. The van der Waals surface area contributed by atoms with E-state index in [1.807, 2.05) is 0 Å². The fourth-order valence-corrected chi connectivity index (χ4v) is 5.35. The van der Waals surface area contributed by atoms with Gasteiger partial charge in [-0.25, -0.2) is 4.57 Å². The zero-order chi connectivity index (χ0) is 36.1. The third-order valence-corrected chi connectivity index (χ3v) is 8.29. The summed E-state index contributed by atoms with van der Waals surface area (Å²) in [6.07, 6.45) is 43.7. The van der Waals surface area contributed by atoms with Crippen molar-refractivity contribution in [2.75, 3.05) is 13.2 Å². The molecule has 0 bridgehead atoms. The van der Waals surface area contributed by atoms with E-state index in [9.17, 15) is 14.2 Å². The molecule has 0 radical (unpaired) electrons. The van der Waals surface area contributed by atoms with Crippen LogP contribution < -0.4 is 0 Å². The van der Waals surface area contributed by atoms with E-state index in [4.69, 9.17) is 19.3 Å². The first-order valence-corrected chi connectivity index (χ1v) is 20.6. The summed E-state index contributed by atoms with van der Waals surface area (Å²) in [6, 6.07) is 0. The molecule has 0 spiro atoms. The first kappa shape index (κ1) is 46.8. The highest BCUT2D eigenvalue weighted by atomic mass is 31.2. The average Bonchev–Trinajstić information content (AvgIpc) is 3.07. The molecule has 2 N–H and O–H groups in total. The van der Waals surface area contributed by atoms with Crippen LogP contribution in [-0.4, -0.2) is 41.0 Å². The van der Waals surface area contributed by atoms with Gasteiger partial charge in [-0.2, -0.15) is 0 Å². The molecule has 0 aromatic carbocycles. The van der Waals surface area contributed by atoms with Crippen LogP contribution in [0.1, 0.15) is 162 Å². The van der Waals surface area contributed by atoms with Crippen molar-refractivity contribution in [2.24, 2.45) is 0 Å². The van der Waals surface area contributed by atoms with Crippen LogP contribution in [0.15, 0.2) is 60.8 Å². The molecule has 0 fully saturated rings. The number of phosphoric ester groups is 1. The van der Waals surface area contributed by atoms with Crippen molar-refractivity contribution < 1.29 is 37.9 Å². The second kappa shape index (κ2) is 35.6. The zero-order valence-electron chi connectivity index (χ0n) is 30.8. The lowest BCUT2D eigenvalue weighted by Crippen LogP contribution is -2.29. The highest BCUT2D eigenvalue weighted by Crippen LogP contribution is 2.36. The molecule has 9 heteroatoms. The minimum absolute atomic E-state index is 0.204. The summed E-state index contributed by atoms with van der Waals surface area (Å²) in [7, 11) is -4.76. The minimum Gasteiger partial charge on any atom is -0.462 e. The summed E-state index contributed by atoms with van der Waals surface area (Å²) in [5.74, 6) is -0.925. The van der Waals surface area contributed by atoms with Crippen LogP contribution in [-0.2, 0) is 28.2 Å². The van der Waals surface area contributed by atoms with Crippen molar-refractivity contribution in [1.29, 1.82) is 0 Å². The number of hydrogen-bond donors (Lipinski definition) is 2. The number of hydrogen-bond acceptors (Lipinski definition) is 6. The maximum atomic E-state index is 12.3. The number of carbonyl (C=O) groups is 2. The van der Waals surface area contributed by atoms with Crippen molar-refractivity contribution in [1.82, 2.24) is 0 Å². The molecular weight excluding hydrogens is 639 g/mol. The Bertz CT molecular complexity index is 979. The fraction of sp³-hybridized carbons (Fsp3) is 0.700. The lowest BCUT2D eigenvalue weighted by molar-refractivity contribution is -0.161. The van der Waals surface area contributed by atoms with Gasteiger partial charge >= 0.3 is 19.8 Å². The first-order valence-electron chi connectivity index (χ1n) is 19.1. The van der Waals surface area contributed by atoms with Gasteiger partial charge in [-0.1, -0.05) is 152 Å². The van der Waals surface area contributed by atoms with Crippen molar-refractivity contribution in [3.63, 3.8) is 0 Å². The van der Waals surface area contributed by atoms with Crippen molar-refractivity contribution in [2.45, 2.75) is 168 Å². The SMILES string of the molecule is CC/C=C\C/C=C\C/C=C\C/C=C\C/C=C\CCCCCC(=O)OC[C@H](COP(=O)(O)O)OC(=O)CCCCCCCCCCCCCC. The van der Waals surface area contributed by atoms with Gasteiger partial charge in [0.1, 0.15) is 6.61 Å². The summed E-state index contributed by atoms with van der Waals surface area (Å²) >= 11 is 0. The van der Waals surface area contributed by atoms with Gasteiger partial charge in [0, 0.05) is 12.8 Å². The highest BCUT2D eigenvalue weighted by Gasteiger charge is 2.22. The van der Waals surface area contributed by atoms with Gasteiger partial charge in [0.25, 0.3) is 0 Å². The highest BCUT2D eigenvalue weighted by molar-refractivity contribution is 7.46. The van der Waals surface area contributed by atoms with Crippen LogP contribution in [0.3, 0.4) is 0 Å². The van der Waals surface area contributed by atoms with Gasteiger partial charge in [0.05, 0.1) is 6.61 Å². The van der Waals surface area contributed by atoms with E-state index in [2.05, 4.69) is 79.1 Å². The topological polar surface area (TPSA) is 119 Å². The molecule has 1 atom stereocenters. The third-order valence-electron chi connectivity index (χ3n) is 7.80. The Labute approximate surface area is 298 Å². The number of ether oxygens (including phenoxy) is 2. The van der Waals surface area contributed by atoms with Gasteiger partial charge in [-0.05, 0) is 57.8 Å². The minimum atomic E-state index is -4.76. The number of esters is 2. The number of phosphoric acid groups is 1. The van der Waals surface area contributed by atoms with Crippen molar-refractivity contribution in [3.05, 3.63) is 60.8 Å². The second-order valence-corrected chi connectivity index (χ2v) is 13.8. The predicted molar refractivity (Wildman–Crippen MR) is 202 cm³/mol. The van der Waals surface area contributed by atoms with Crippen molar-refractivity contribution in [3.8, 4) is 0 Å². The zero-order valence-corrected chi connectivity index (χ0v) is 31.7. The Morgan fingerprint density at radius 3 is 1.47 bits per heavy atom. The van der Waals surface area contributed by atoms with E-state index >= 15 is 0 Å². The molecule has 0 aliphatic carbocycles. The van der Waals surface area contributed by atoms with E-state index < -0.39 is 32.5 Å². The summed E-state index contributed by atoms with van der Waals surface area (Å²) < 4.78 is 26.3. The Kier molecular flexibility index (Phi) is 33.9. The predicted octanol–water partition coefficient (Wildman–Crippen LogP) is 11.3. The van der Waals surface area contributed by atoms with E-state index in [0.29, 0.717) is 12.8 Å². The van der Waals surface area contributed by atoms with Gasteiger partial charge in [-0.15, -0.1) is 0 Å². The second-order valence-electron chi connectivity index (χ2n) is 12.5. The standard InChI is InChI=1S/C40H69O8P/c1-3-5-7-9-11-13-15-17-18-19-20-21-22-23-25-26-28-30-32-34-39(41)46-36-38(37-47-49(43,44)45)48-40(42)35-33-31-29-27-24-16-14-12-10-8-6-4-2/h5,7,11,13,17-18,20-21,23,25,38H,3-4,6,8-10,12,14-16,19,22,24,26-37H2,1-2H3,(H2,43,44,45)/b7-5-,13-11-,18-17-,21-20-,25-23-/t38-/m1/s1. The Morgan fingerprint density at radius 2 is 0.980 bits per heavy atom. The third kappa shape index (κ3) is 38.4. The van der Waals surface area contributed by atoms with Crippen LogP contribution in [0.4, 0.5) is 0 Å². The Balaban J connectivity index is 4.03. The van der Waals surface area contributed by atoms with E-state index in [-0.39, 0.29) is 19.4 Å². The maximum Gasteiger partial charge on any atom is 0.469 e. The van der Waals surface area contributed by atoms with Crippen LogP contribution in [0.5, 0.6) is 0 Å². The van der Waals surface area contributed by atoms with Gasteiger partial charge in [0.2, 0.25) is 0 Å². The normalized spacial score (nSPS) is 13.1. The molecule has 8 nitrogen and oxygen atoms in total. The lowest BCUT2D eigenvalue weighted by atomic mass is 10.0. The van der Waals surface area contributed by atoms with Crippen LogP contribution in [0.25, 0.3) is 0 Å². The molecule has 0 unspecified atom stereocenters. The Hall–Kier alpha value is -2.25. The van der Waals surface area contributed by atoms with Crippen molar-refractivity contribution >= 4 is 19.8 Å². The van der Waals surface area contributed by atoms with E-state index in [1.54, 1.807) is 0 Å². The van der Waals surface area contributed by atoms with E-state index in [0.717, 1.165) is 70.6 Å². The summed E-state index contributed by atoms with van der Waals surface area (Å²) in [4.78, 5) is 42.7. The average molecular weight is 709 g/mol. The molecule has 49 heavy (non-hydrogen) atoms. The fourth-order valence-electron chi connectivity index (χ4n) is 4.99. The first-order chi connectivity index (χ1) is 23.8. The van der Waals surface area contributed by atoms with Gasteiger partial charge in [-0.3, -0.25) is 14.1 Å². The molecule has 0 heterocycles. The Morgan fingerprint density at radius 1 is 0.551 bits per heavy atom. The molecule has 0 aromatic heterocycles. The summed E-state index contributed by atoms with van der Waals surface area (Å²) in [5, 5.41) is 0. The number of unbranched alkanes of at least 4 members (excludes halogenated alkanes) is 14. The quantitative estimate of drug-likeness (QED) is 0.0293. The molecule has 0 rings (SSSR count). The van der Waals surface area contributed by atoms with Crippen LogP contribution in [0.2, 0.25) is 0 Å². The monoisotopic (exact) mass is 708 g/mol. The molecule has 0 aliphatic rings. The molecule has 0 amide bonds. The van der Waals surface area contributed by atoms with Crippen LogP contribution >= 0.6 is 7.82 Å². The number of rotatable bonds is 34. The molecule has 282 valence electrons. The van der Waals surface area contributed by atoms with Gasteiger partial charge < -0.3 is 19.3 Å². The van der Waals surface area contributed by atoms with E-state index in [1.165, 1.54) is 51.4 Å². The maximum absolute atomic E-state index is 12.3. The largest absolute Gasteiger partial charge is 0.469 e. The molecule has 0 saturated carbocycles. The smallest absolute Gasteiger partial charge is 0.462 e. The lowest BCUT2D eigenvalue weighted by Gasteiger charge is -2.18.